The van der Waals surface area contributed by atoms with Crippen molar-refractivity contribution >= 4 is 5.82 Å². The Balaban J connectivity index is 1.99. The molecule has 1 aromatic heterocycles. The molecule has 0 radical (unpaired) electrons. The Morgan fingerprint density at radius 2 is 2.11 bits per heavy atom. The van der Waals surface area contributed by atoms with E-state index in [0.29, 0.717) is 23.2 Å². The maximum atomic E-state index is 5.92. The van der Waals surface area contributed by atoms with Crippen LogP contribution in [0.5, 0.6) is 0 Å². The number of anilines is 1. The van der Waals surface area contributed by atoms with Gasteiger partial charge in [0.1, 0.15) is 5.82 Å². The van der Waals surface area contributed by atoms with Crippen molar-refractivity contribution in [3.8, 4) is 0 Å². The molecule has 2 rings (SSSR count). The monoisotopic (exact) mass is 262 g/mol. The van der Waals surface area contributed by atoms with Crippen molar-refractivity contribution in [1.29, 1.82) is 0 Å². The molecule has 5 N–H and O–H groups in total. The first-order valence-electron chi connectivity index (χ1n) is 7.17. The topological polar surface area (TPSA) is 77.0 Å². The Bertz CT molecular complexity index is 406. The van der Waals surface area contributed by atoms with Crippen molar-refractivity contribution in [2.24, 2.45) is 17.2 Å². The van der Waals surface area contributed by atoms with Crippen LogP contribution in [0.4, 0.5) is 5.82 Å². The highest BCUT2D eigenvalue weighted by molar-refractivity contribution is 5.38. The second-order valence-electron chi connectivity index (χ2n) is 6.53. The van der Waals surface area contributed by atoms with Crippen molar-refractivity contribution < 1.29 is 0 Å². The van der Waals surface area contributed by atoms with Crippen molar-refractivity contribution in [1.82, 2.24) is 10.4 Å². The van der Waals surface area contributed by atoms with E-state index >= 15 is 0 Å². The minimum Gasteiger partial charge on any atom is -0.383 e. The highest BCUT2D eigenvalue weighted by Gasteiger charge is 2.31. The van der Waals surface area contributed by atoms with Crippen molar-refractivity contribution in [2.45, 2.75) is 52.0 Å². The minimum absolute atomic E-state index is 0.294. The molecule has 1 unspecified atom stereocenters. The van der Waals surface area contributed by atoms with Gasteiger partial charge in [-0.25, -0.2) is 4.98 Å². The molecule has 4 nitrogen and oxygen atoms in total. The van der Waals surface area contributed by atoms with Gasteiger partial charge in [-0.2, -0.15) is 0 Å². The summed E-state index contributed by atoms with van der Waals surface area (Å²) < 4.78 is 0. The molecule has 4 heteroatoms. The molecule has 106 valence electrons. The largest absolute Gasteiger partial charge is 0.383 e. The second kappa shape index (κ2) is 5.88. The fourth-order valence-corrected chi connectivity index (χ4v) is 3.05. The first-order valence-corrected chi connectivity index (χ1v) is 7.17. The lowest BCUT2D eigenvalue weighted by atomic mass is 9.70. The zero-order valence-electron chi connectivity index (χ0n) is 12.0. The highest BCUT2D eigenvalue weighted by Crippen LogP contribution is 2.39. The van der Waals surface area contributed by atoms with Crippen LogP contribution < -0.4 is 17.0 Å². The van der Waals surface area contributed by atoms with E-state index in [1.54, 1.807) is 6.20 Å². The molecule has 0 amide bonds. The maximum absolute atomic E-state index is 5.92. The predicted octanol–water partition coefficient (Wildman–Crippen LogP) is 2.25. The molecule has 1 aliphatic carbocycles. The molecule has 0 saturated heterocycles. The summed E-state index contributed by atoms with van der Waals surface area (Å²) in [6.07, 6.45) is 7.62. The van der Waals surface area contributed by atoms with Crippen LogP contribution in [0.15, 0.2) is 18.3 Å². The standard InChI is InChI=1S/C15H26N4/c1-15(2)7-5-11(6-8-15)13(19-17)10-12-4-3-9-18-14(12)16/h3-4,9,11,13,19H,5-8,10,17H2,1-2H3,(H2,16,18). The molecule has 1 heterocycles. The number of nitrogen functional groups attached to an aromatic ring is 1. The van der Waals surface area contributed by atoms with Crippen molar-refractivity contribution in [3.05, 3.63) is 23.9 Å². The van der Waals surface area contributed by atoms with E-state index < -0.39 is 0 Å². The Kier molecular flexibility index (Phi) is 4.42. The lowest BCUT2D eigenvalue weighted by Crippen LogP contribution is -2.44. The number of pyridine rings is 1. The van der Waals surface area contributed by atoms with Gasteiger partial charge in [-0.15, -0.1) is 0 Å². The molecule has 1 atom stereocenters. The molecular weight excluding hydrogens is 236 g/mol. The van der Waals surface area contributed by atoms with Crippen LogP contribution in [0.3, 0.4) is 0 Å². The highest BCUT2D eigenvalue weighted by atomic mass is 15.2. The molecule has 1 aromatic rings. The van der Waals surface area contributed by atoms with Gasteiger partial charge in [0.15, 0.2) is 0 Å². The summed E-state index contributed by atoms with van der Waals surface area (Å²) >= 11 is 0. The fourth-order valence-electron chi connectivity index (χ4n) is 3.05. The summed E-state index contributed by atoms with van der Waals surface area (Å²) in [5.41, 5.74) is 10.5. The molecular formula is C15H26N4. The van der Waals surface area contributed by atoms with Crippen LogP contribution in [-0.2, 0) is 6.42 Å². The van der Waals surface area contributed by atoms with E-state index in [2.05, 4.69) is 24.3 Å². The van der Waals surface area contributed by atoms with Gasteiger partial charge >= 0.3 is 0 Å². The number of nitrogens with zero attached hydrogens (tertiary/aromatic N) is 1. The Labute approximate surface area is 115 Å². The second-order valence-corrected chi connectivity index (χ2v) is 6.53. The first kappa shape index (κ1) is 14.3. The predicted molar refractivity (Wildman–Crippen MR) is 79.2 cm³/mol. The van der Waals surface area contributed by atoms with Crippen LogP contribution in [0.25, 0.3) is 0 Å². The number of aromatic nitrogens is 1. The van der Waals surface area contributed by atoms with Gasteiger partial charge in [0.25, 0.3) is 0 Å². The molecule has 1 fully saturated rings. The van der Waals surface area contributed by atoms with Gasteiger partial charge in [-0.05, 0) is 55.1 Å². The smallest absolute Gasteiger partial charge is 0.126 e. The molecule has 1 saturated carbocycles. The number of hydrogen-bond donors (Lipinski definition) is 3. The van der Waals surface area contributed by atoms with Crippen LogP contribution in [-0.4, -0.2) is 11.0 Å². The van der Waals surface area contributed by atoms with Crippen molar-refractivity contribution in [2.75, 3.05) is 5.73 Å². The summed E-state index contributed by atoms with van der Waals surface area (Å²) in [4.78, 5) is 4.14. The van der Waals surface area contributed by atoms with Gasteiger partial charge in [0, 0.05) is 12.2 Å². The van der Waals surface area contributed by atoms with Gasteiger partial charge in [0.05, 0.1) is 0 Å². The van der Waals surface area contributed by atoms with Gasteiger partial charge < -0.3 is 5.73 Å². The zero-order chi connectivity index (χ0) is 13.9. The third kappa shape index (κ3) is 3.67. The summed E-state index contributed by atoms with van der Waals surface area (Å²) in [7, 11) is 0. The third-order valence-electron chi connectivity index (χ3n) is 4.53. The number of hydrazine groups is 1. The van der Waals surface area contributed by atoms with E-state index in [1.807, 2.05) is 12.1 Å². The van der Waals surface area contributed by atoms with Gasteiger partial charge in [-0.3, -0.25) is 11.3 Å². The molecule has 0 aromatic carbocycles. The SMILES string of the molecule is CC1(C)CCC(C(Cc2cccnc2N)NN)CC1. The molecule has 1 aliphatic rings. The third-order valence-corrected chi connectivity index (χ3v) is 4.53. The normalized spacial score (nSPS) is 21.2. The van der Waals surface area contributed by atoms with Gasteiger partial charge in [0.2, 0.25) is 0 Å². The quantitative estimate of drug-likeness (QED) is 0.574. The average Bonchev–Trinajstić information content (AvgIpc) is 2.38. The Hall–Kier alpha value is -1.13. The number of rotatable bonds is 4. The van der Waals surface area contributed by atoms with Crippen molar-refractivity contribution in [3.63, 3.8) is 0 Å². The average molecular weight is 262 g/mol. The summed E-state index contributed by atoms with van der Waals surface area (Å²) in [6.45, 7) is 4.71. The molecule has 0 spiro atoms. The number of hydrogen-bond acceptors (Lipinski definition) is 4. The van der Waals surface area contributed by atoms with Crippen LogP contribution in [0.2, 0.25) is 0 Å². The summed E-state index contributed by atoms with van der Waals surface area (Å²) in [5, 5.41) is 0. The van der Waals surface area contributed by atoms with Gasteiger partial charge in [-0.1, -0.05) is 19.9 Å². The van der Waals surface area contributed by atoms with E-state index in [4.69, 9.17) is 11.6 Å². The van der Waals surface area contributed by atoms with E-state index in [1.165, 1.54) is 25.7 Å². The molecule has 0 aliphatic heterocycles. The summed E-state index contributed by atoms with van der Waals surface area (Å²) in [5.74, 6) is 7.02. The Morgan fingerprint density at radius 3 is 2.68 bits per heavy atom. The molecule has 19 heavy (non-hydrogen) atoms. The number of nitrogens with one attached hydrogen (secondary N) is 1. The zero-order valence-corrected chi connectivity index (χ0v) is 12.0. The molecule has 0 bridgehead atoms. The van der Waals surface area contributed by atoms with Crippen LogP contribution in [0, 0.1) is 11.3 Å². The maximum Gasteiger partial charge on any atom is 0.126 e. The van der Waals surface area contributed by atoms with E-state index in [0.717, 1.165) is 12.0 Å². The minimum atomic E-state index is 0.294. The van der Waals surface area contributed by atoms with E-state index in [9.17, 15) is 0 Å². The Morgan fingerprint density at radius 1 is 1.42 bits per heavy atom. The van der Waals surface area contributed by atoms with Crippen LogP contribution in [0.1, 0.15) is 45.1 Å². The van der Waals surface area contributed by atoms with E-state index in [-0.39, 0.29) is 0 Å². The van der Waals surface area contributed by atoms with Crippen LogP contribution >= 0.6 is 0 Å². The summed E-state index contributed by atoms with van der Waals surface area (Å²) in [6, 6.07) is 4.27. The number of nitrogens with two attached hydrogens (primary N) is 2. The fraction of sp³-hybridized carbons (Fsp3) is 0.667. The lowest BCUT2D eigenvalue weighted by Gasteiger charge is -2.38. The lowest BCUT2D eigenvalue weighted by molar-refractivity contribution is 0.161. The first-order chi connectivity index (χ1) is 9.02.